The van der Waals surface area contributed by atoms with Crippen LogP contribution >= 0.6 is 0 Å². The Bertz CT molecular complexity index is 1130. The van der Waals surface area contributed by atoms with Crippen molar-refractivity contribution in [2.24, 2.45) is 5.10 Å². The van der Waals surface area contributed by atoms with Gasteiger partial charge in [0.1, 0.15) is 11.4 Å². The van der Waals surface area contributed by atoms with Gasteiger partial charge in [-0.2, -0.15) is 5.10 Å². The number of rotatable bonds is 5. The Morgan fingerprint density at radius 1 is 1.11 bits per heavy atom. The molecule has 2 aromatic heterocycles. The Balaban J connectivity index is 1.61. The van der Waals surface area contributed by atoms with Crippen molar-refractivity contribution in [3.63, 3.8) is 0 Å². The summed E-state index contributed by atoms with van der Waals surface area (Å²) in [6, 6.07) is 20.1. The SMILES string of the molecule is COc1ccc(/C=N\NC(=O)c2cc(-c3ccco3)nc3ccccc23)cc1. The van der Waals surface area contributed by atoms with Gasteiger partial charge >= 0.3 is 0 Å². The highest BCUT2D eigenvalue weighted by Gasteiger charge is 2.14. The van der Waals surface area contributed by atoms with Gasteiger partial charge in [-0.25, -0.2) is 10.4 Å². The van der Waals surface area contributed by atoms with Crippen molar-refractivity contribution in [2.75, 3.05) is 7.11 Å². The molecule has 4 aromatic rings. The summed E-state index contributed by atoms with van der Waals surface area (Å²) in [5.74, 6) is 1.03. The summed E-state index contributed by atoms with van der Waals surface area (Å²) >= 11 is 0. The zero-order valence-electron chi connectivity index (χ0n) is 15.1. The van der Waals surface area contributed by atoms with E-state index in [2.05, 4.69) is 15.5 Å². The molecule has 1 amide bonds. The van der Waals surface area contributed by atoms with E-state index in [0.717, 1.165) is 16.7 Å². The smallest absolute Gasteiger partial charge is 0.272 e. The van der Waals surface area contributed by atoms with E-state index in [0.29, 0.717) is 22.5 Å². The fourth-order valence-electron chi connectivity index (χ4n) is 2.83. The van der Waals surface area contributed by atoms with Crippen LogP contribution < -0.4 is 10.2 Å². The average molecular weight is 371 g/mol. The summed E-state index contributed by atoms with van der Waals surface area (Å²) in [6.45, 7) is 0. The van der Waals surface area contributed by atoms with E-state index in [4.69, 9.17) is 9.15 Å². The van der Waals surface area contributed by atoms with E-state index in [1.54, 1.807) is 37.8 Å². The lowest BCUT2D eigenvalue weighted by molar-refractivity contribution is 0.0956. The number of carbonyl (C=O) groups is 1. The van der Waals surface area contributed by atoms with Gasteiger partial charge in [-0.15, -0.1) is 0 Å². The Labute approximate surface area is 161 Å². The summed E-state index contributed by atoms with van der Waals surface area (Å²) in [6.07, 6.45) is 3.15. The molecule has 6 heteroatoms. The first kappa shape index (κ1) is 17.5. The number of hydrogen-bond acceptors (Lipinski definition) is 5. The zero-order valence-corrected chi connectivity index (χ0v) is 15.1. The minimum Gasteiger partial charge on any atom is -0.497 e. The van der Waals surface area contributed by atoms with Gasteiger partial charge in [0.2, 0.25) is 0 Å². The maximum Gasteiger partial charge on any atom is 0.272 e. The van der Waals surface area contributed by atoms with Crippen LogP contribution in [0.4, 0.5) is 0 Å². The van der Waals surface area contributed by atoms with E-state index < -0.39 is 0 Å². The molecular formula is C22H17N3O3. The van der Waals surface area contributed by atoms with Crippen molar-refractivity contribution < 1.29 is 13.9 Å². The van der Waals surface area contributed by atoms with Gasteiger partial charge in [0.25, 0.3) is 5.91 Å². The first-order chi connectivity index (χ1) is 13.7. The Kier molecular flexibility index (Phi) is 4.84. The van der Waals surface area contributed by atoms with Crippen LogP contribution in [-0.2, 0) is 0 Å². The molecule has 0 saturated heterocycles. The van der Waals surface area contributed by atoms with Gasteiger partial charge in [0.15, 0.2) is 5.76 Å². The molecule has 6 nitrogen and oxygen atoms in total. The van der Waals surface area contributed by atoms with E-state index >= 15 is 0 Å². The van der Waals surface area contributed by atoms with E-state index in [9.17, 15) is 4.79 Å². The number of methoxy groups -OCH3 is 1. The van der Waals surface area contributed by atoms with Crippen molar-refractivity contribution in [2.45, 2.75) is 0 Å². The highest BCUT2D eigenvalue weighted by atomic mass is 16.5. The Morgan fingerprint density at radius 3 is 2.68 bits per heavy atom. The van der Waals surface area contributed by atoms with E-state index in [-0.39, 0.29) is 5.91 Å². The van der Waals surface area contributed by atoms with Gasteiger partial charge < -0.3 is 9.15 Å². The van der Waals surface area contributed by atoms with Crippen LogP contribution in [0.5, 0.6) is 5.75 Å². The molecule has 4 rings (SSSR count). The number of para-hydroxylation sites is 1. The molecule has 0 saturated carbocycles. The molecule has 28 heavy (non-hydrogen) atoms. The monoisotopic (exact) mass is 371 g/mol. The van der Waals surface area contributed by atoms with E-state index in [1.165, 1.54) is 0 Å². The van der Waals surface area contributed by atoms with Crippen LogP contribution in [0, 0.1) is 0 Å². The number of carbonyl (C=O) groups excluding carboxylic acids is 1. The lowest BCUT2D eigenvalue weighted by Crippen LogP contribution is -2.18. The number of amides is 1. The standard InChI is InChI=1S/C22H17N3O3/c1-27-16-10-8-15(9-11-16)14-23-25-22(26)18-13-20(21-7-4-12-28-21)24-19-6-3-2-5-17(18)19/h2-14H,1H3,(H,25,26)/b23-14-. The minimum atomic E-state index is -0.323. The molecule has 0 aliphatic rings. The first-order valence-corrected chi connectivity index (χ1v) is 8.66. The van der Waals surface area contributed by atoms with Crippen molar-refractivity contribution in [3.8, 4) is 17.2 Å². The number of aromatic nitrogens is 1. The van der Waals surface area contributed by atoms with E-state index in [1.807, 2.05) is 48.5 Å². The second-order valence-electron chi connectivity index (χ2n) is 6.02. The number of nitrogens with one attached hydrogen (secondary N) is 1. The van der Waals surface area contributed by atoms with Crippen LogP contribution in [0.2, 0.25) is 0 Å². The fraction of sp³-hybridized carbons (Fsp3) is 0.0455. The topological polar surface area (TPSA) is 76.7 Å². The van der Waals surface area contributed by atoms with Crippen LogP contribution in [0.3, 0.4) is 0 Å². The highest BCUT2D eigenvalue weighted by molar-refractivity contribution is 6.07. The summed E-state index contributed by atoms with van der Waals surface area (Å²) in [5.41, 5.74) is 5.20. The maximum absolute atomic E-state index is 12.8. The van der Waals surface area contributed by atoms with Gasteiger partial charge in [0.05, 0.1) is 30.7 Å². The fourth-order valence-corrected chi connectivity index (χ4v) is 2.83. The molecule has 0 aliphatic heterocycles. The second-order valence-corrected chi connectivity index (χ2v) is 6.02. The van der Waals surface area contributed by atoms with Gasteiger partial charge in [-0.1, -0.05) is 18.2 Å². The van der Waals surface area contributed by atoms with Crippen LogP contribution in [0.1, 0.15) is 15.9 Å². The zero-order chi connectivity index (χ0) is 19.3. The quantitative estimate of drug-likeness (QED) is 0.420. The third kappa shape index (κ3) is 3.61. The van der Waals surface area contributed by atoms with Crippen molar-refractivity contribution in [1.29, 1.82) is 0 Å². The molecule has 0 unspecified atom stereocenters. The van der Waals surface area contributed by atoms with Crippen molar-refractivity contribution in [3.05, 3.63) is 84.1 Å². The molecule has 138 valence electrons. The molecular weight excluding hydrogens is 354 g/mol. The van der Waals surface area contributed by atoms with Crippen molar-refractivity contribution in [1.82, 2.24) is 10.4 Å². The number of benzene rings is 2. The Hall–Kier alpha value is -3.93. The summed E-state index contributed by atoms with van der Waals surface area (Å²) < 4.78 is 10.6. The predicted octanol–water partition coefficient (Wildman–Crippen LogP) is 4.27. The number of fused-ring (bicyclic) bond motifs is 1. The molecule has 0 bridgehead atoms. The molecule has 2 aromatic carbocycles. The van der Waals surface area contributed by atoms with Crippen LogP contribution in [-0.4, -0.2) is 24.2 Å². The third-order valence-electron chi connectivity index (χ3n) is 4.23. The molecule has 0 spiro atoms. The average Bonchev–Trinajstić information content (AvgIpc) is 3.28. The molecule has 0 radical (unpaired) electrons. The minimum absolute atomic E-state index is 0.323. The maximum atomic E-state index is 12.8. The summed E-state index contributed by atoms with van der Waals surface area (Å²) in [5, 5.41) is 4.81. The highest BCUT2D eigenvalue weighted by Crippen LogP contribution is 2.25. The summed E-state index contributed by atoms with van der Waals surface area (Å²) in [7, 11) is 1.61. The predicted molar refractivity (Wildman–Crippen MR) is 107 cm³/mol. The lowest BCUT2D eigenvalue weighted by atomic mass is 10.1. The largest absolute Gasteiger partial charge is 0.497 e. The first-order valence-electron chi connectivity index (χ1n) is 8.66. The van der Waals surface area contributed by atoms with Gasteiger partial charge in [-0.3, -0.25) is 4.79 Å². The van der Waals surface area contributed by atoms with Crippen molar-refractivity contribution >= 4 is 23.0 Å². The Morgan fingerprint density at radius 2 is 1.93 bits per heavy atom. The molecule has 1 N–H and O–H groups in total. The number of pyridine rings is 1. The van der Waals surface area contributed by atoms with Crippen LogP contribution in [0.25, 0.3) is 22.4 Å². The van der Waals surface area contributed by atoms with Crippen LogP contribution in [0.15, 0.2) is 82.5 Å². The molecule has 0 fully saturated rings. The van der Waals surface area contributed by atoms with Gasteiger partial charge in [-0.05, 0) is 54.1 Å². The number of hydrogen-bond donors (Lipinski definition) is 1. The lowest BCUT2D eigenvalue weighted by Gasteiger charge is -2.07. The van der Waals surface area contributed by atoms with Gasteiger partial charge in [0, 0.05) is 5.39 Å². The molecule has 0 atom stereocenters. The second kappa shape index (κ2) is 7.75. The number of ether oxygens (including phenoxy) is 1. The molecule has 2 heterocycles. The normalized spacial score (nSPS) is 11.0. The number of hydrazone groups is 1. The summed E-state index contributed by atoms with van der Waals surface area (Å²) in [4.78, 5) is 17.3. The third-order valence-corrected chi connectivity index (χ3v) is 4.23. The molecule has 0 aliphatic carbocycles. The number of nitrogens with zero attached hydrogens (tertiary/aromatic N) is 2. The number of furan rings is 1.